The van der Waals surface area contributed by atoms with Gasteiger partial charge in [0.1, 0.15) is 18.2 Å². The molecule has 0 aliphatic rings. The Labute approximate surface area is 133 Å². The Balaban J connectivity index is 2.21. The van der Waals surface area contributed by atoms with Crippen LogP contribution in [0.5, 0.6) is 5.75 Å². The fourth-order valence-electron chi connectivity index (χ4n) is 1.79. The van der Waals surface area contributed by atoms with Crippen molar-refractivity contribution >= 4 is 31.9 Å². The quantitative estimate of drug-likeness (QED) is 0.779. The van der Waals surface area contributed by atoms with Crippen LogP contribution in [-0.2, 0) is 6.61 Å². The summed E-state index contributed by atoms with van der Waals surface area (Å²) in [5, 5.41) is 9.75. The second kappa shape index (κ2) is 6.70. The molecule has 0 unspecified atom stereocenters. The van der Waals surface area contributed by atoms with Gasteiger partial charge in [-0.1, -0.05) is 28.1 Å². The van der Waals surface area contributed by atoms with E-state index in [9.17, 15) is 9.50 Å². The van der Waals surface area contributed by atoms with Gasteiger partial charge >= 0.3 is 0 Å². The normalized spacial score (nSPS) is 12.2. The number of hydrogen-bond acceptors (Lipinski definition) is 2. The maximum absolute atomic E-state index is 13.4. The average Bonchev–Trinajstić information content (AvgIpc) is 2.41. The van der Waals surface area contributed by atoms with Crippen LogP contribution in [0.3, 0.4) is 0 Å². The molecular weight excluding hydrogens is 391 g/mol. The first-order chi connectivity index (χ1) is 9.49. The van der Waals surface area contributed by atoms with E-state index in [1.165, 1.54) is 6.07 Å². The van der Waals surface area contributed by atoms with Crippen molar-refractivity contribution < 1.29 is 14.2 Å². The maximum atomic E-state index is 13.4. The zero-order chi connectivity index (χ0) is 14.7. The van der Waals surface area contributed by atoms with Gasteiger partial charge in [0.15, 0.2) is 0 Å². The first-order valence-electron chi connectivity index (χ1n) is 6.02. The van der Waals surface area contributed by atoms with Gasteiger partial charge in [0.05, 0.1) is 10.6 Å². The molecule has 0 heterocycles. The molecule has 0 radical (unpaired) electrons. The molecule has 2 rings (SSSR count). The zero-order valence-corrected chi connectivity index (χ0v) is 13.9. The number of aliphatic hydroxyl groups is 1. The molecule has 106 valence electrons. The van der Waals surface area contributed by atoms with Gasteiger partial charge in [-0.25, -0.2) is 4.39 Å². The molecule has 0 saturated carbocycles. The van der Waals surface area contributed by atoms with Crippen molar-refractivity contribution in [3.63, 3.8) is 0 Å². The average molecular weight is 404 g/mol. The second-order valence-electron chi connectivity index (χ2n) is 4.36. The van der Waals surface area contributed by atoms with Crippen LogP contribution in [0.15, 0.2) is 45.3 Å². The molecule has 1 N–H and O–H groups in total. The van der Waals surface area contributed by atoms with E-state index in [0.717, 1.165) is 4.47 Å². The summed E-state index contributed by atoms with van der Waals surface area (Å²) in [4.78, 5) is 0. The van der Waals surface area contributed by atoms with E-state index < -0.39 is 6.10 Å². The summed E-state index contributed by atoms with van der Waals surface area (Å²) >= 11 is 6.56. The first kappa shape index (κ1) is 15.5. The van der Waals surface area contributed by atoms with Crippen molar-refractivity contribution in [1.82, 2.24) is 0 Å². The minimum Gasteiger partial charge on any atom is -0.488 e. The van der Waals surface area contributed by atoms with Gasteiger partial charge < -0.3 is 9.84 Å². The van der Waals surface area contributed by atoms with E-state index in [1.807, 2.05) is 6.07 Å². The minimum absolute atomic E-state index is 0.222. The van der Waals surface area contributed by atoms with Crippen molar-refractivity contribution in [2.75, 3.05) is 0 Å². The topological polar surface area (TPSA) is 29.5 Å². The third kappa shape index (κ3) is 3.59. The van der Waals surface area contributed by atoms with Crippen molar-refractivity contribution in [2.24, 2.45) is 0 Å². The fraction of sp³-hybridized carbons (Fsp3) is 0.200. The lowest BCUT2D eigenvalue weighted by atomic mass is 10.1. The summed E-state index contributed by atoms with van der Waals surface area (Å²) in [7, 11) is 0. The lowest BCUT2D eigenvalue weighted by molar-refractivity contribution is 0.190. The predicted octanol–water partition coefficient (Wildman–Crippen LogP) is 4.98. The summed E-state index contributed by atoms with van der Waals surface area (Å²) in [6.45, 7) is 1.90. The van der Waals surface area contributed by atoms with Crippen LogP contribution in [-0.4, -0.2) is 5.11 Å². The molecule has 0 bridgehead atoms. The van der Waals surface area contributed by atoms with Crippen LogP contribution in [0.25, 0.3) is 0 Å². The summed E-state index contributed by atoms with van der Waals surface area (Å²) in [5.74, 6) is 0.261. The van der Waals surface area contributed by atoms with E-state index >= 15 is 0 Å². The van der Waals surface area contributed by atoms with Gasteiger partial charge in [0.2, 0.25) is 0 Å². The molecule has 0 aromatic heterocycles. The summed E-state index contributed by atoms with van der Waals surface area (Å²) in [6, 6.07) is 10.2. The van der Waals surface area contributed by atoms with Gasteiger partial charge in [-0.15, -0.1) is 0 Å². The summed E-state index contributed by atoms with van der Waals surface area (Å²) < 4.78 is 20.4. The zero-order valence-electron chi connectivity index (χ0n) is 10.7. The van der Waals surface area contributed by atoms with Crippen LogP contribution in [0, 0.1) is 5.82 Å². The van der Waals surface area contributed by atoms with E-state index in [4.69, 9.17) is 4.74 Å². The number of aliphatic hydroxyl groups excluding tert-OH is 1. The first-order valence-corrected chi connectivity index (χ1v) is 7.61. The molecule has 2 aromatic carbocycles. The molecule has 0 amide bonds. The molecule has 1 atom stereocenters. The van der Waals surface area contributed by atoms with Crippen LogP contribution in [0.4, 0.5) is 4.39 Å². The molecule has 0 spiro atoms. The SMILES string of the molecule is C[C@H](O)c1cc(Br)ccc1OCc1cccc(F)c1Br. The van der Waals surface area contributed by atoms with Crippen LogP contribution >= 0.6 is 31.9 Å². The molecule has 0 saturated heterocycles. The Morgan fingerprint density at radius 1 is 1.25 bits per heavy atom. The molecule has 0 fully saturated rings. The fourth-order valence-corrected chi connectivity index (χ4v) is 2.55. The molecule has 2 nitrogen and oxygen atoms in total. The number of rotatable bonds is 4. The van der Waals surface area contributed by atoms with Crippen LogP contribution in [0.2, 0.25) is 0 Å². The summed E-state index contributed by atoms with van der Waals surface area (Å²) in [5.41, 5.74) is 1.40. The maximum Gasteiger partial charge on any atom is 0.137 e. The van der Waals surface area contributed by atoms with Gasteiger partial charge in [-0.2, -0.15) is 0 Å². The van der Waals surface area contributed by atoms with Crippen molar-refractivity contribution in [1.29, 1.82) is 0 Å². The third-order valence-electron chi connectivity index (χ3n) is 2.84. The second-order valence-corrected chi connectivity index (χ2v) is 6.07. The Kier molecular flexibility index (Phi) is 5.18. The van der Waals surface area contributed by atoms with Crippen molar-refractivity contribution in [3.05, 3.63) is 62.3 Å². The molecular formula is C15H13Br2FO2. The van der Waals surface area contributed by atoms with E-state index in [1.54, 1.807) is 31.2 Å². The van der Waals surface area contributed by atoms with Crippen molar-refractivity contribution in [3.8, 4) is 5.75 Å². The largest absolute Gasteiger partial charge is 0.488 e. The standard InChI is InChI=1S/C15H13Br2FO2/c1-9(19)12-7-11(16)5-6-14(12)20-8-10-3-2-4-13(18)15(10)17/h2-7,9,19H,8H2,1H3/t9-/m0/s1. The number of hydrogen-bond donors (Lipinski definition) is 1. The minimum atomic E-state index is -0.640. The lowest BCUT2D eigenvalue weighted by Gasteiger charge is -2.14. The number of ether oxygens (including phenoxy) is 1. The van der Waals surface area contributed by atoms with E-state index in [0.29, 0.717) is 21.3 Å². The number of benzene rings is 2. The third-order valence-corrected chi connectivity index (χ3v) is 4.22. The monoisotopic (exact) mass is 402 g/mol. The summed E-state index contributed by atoms with van der Waals surface area (Å²) in [6.07, 6.45) is -0.640. The highest BCUT2D eigenvalue weighted by Crippen LogP contribution is 2.30. The smallest absolute Gasteiger partial charge is 0.137 e. The van der Waals surface area contributed by atoms with Crippen LogP contribution in [0.1, 0.15) is 24.2 Å². The highest BCUT2D eigenvalue weighted by Gasteiger charge is 2.11. The number of halogens is 3. The molecule has 20 heavy (non-hydrogen) atoms. The molecule has 0 aliphatic carbocycles. The van der Waals surface area contributed by atoms with Gasteiger partial charge in [-0.05, 0) is 47.1 Å². The molecule has 0 aliphatic heterocycles. The highest BCUT2D eigenvalue weighted by molar-refractivity contribution is 9.10. The Morgan fingerprint density at radius 3 is 2.70 bits per heavy atom. The van der Waals surface area contributed by atoms with Gasteiger partial charge in [0.25, 0.3) is 0 Å². The van der Waals surface area contributed by atoms with E-state index in [2.05, 4.69) is 31.9 Å². The highest BCUT2D eigenvalue weighted by atomic mass is 79.9. The van der Waals surface area contributed by atoms with Crippen molar-refractivity contribution in [2.45, 2.75) is 19.6 Å². The lowest BCUT2D eigenvalue weighted by Crippen LogP contribution is -2.02. The molecule has 2 aromatic rings. The van der Waals surface area contributed by atoms with Gasteiger partial charge in [0, 0.05) is 15.6 Å². The van der Waals surface area contributed by atoms with Gasteiger partial charge in [-0.3, -0.25) is 0 Å². The Bertz CT molecular complexity index is 615. The Hall–Kier alpha value is -0.910. The predicted molar refractivity (Wildman–Crippen MR) is 83.2 cm³/mol. The van der Waals surface area contributed by atoms with Crippen LogP contribution < -0.4 is 4.74 Å². The van der Waals surface area contributed by atoms with E-state index in [-0.39, 0.29) is 12.4 Å². The Morgan fingerprint density at radius 2 is 2.00 bits per heavy atom. The molecule has 5 heteroatoms.